The Hall–Kier alpha value is -3.45. The Morgan fingerprint density at radius 2 is 1.69 bits per heavy atom. The maximum Gasteiger partial charge on any atom is 0.269 e. The first-order valence-corrected chi connectivity index (χ1v) is 9.26. The highest BCUT2D eigenvalue weighted by atomic mass is 35.5. The fourth-order valence-electron chi connectivity index (χ4n) is 2.27. The molecule has 0 atom stereocenters. The van der Waals surface area contributed by atoms with Gasteiger partial charge in [0.05, 0.1) is 4.92 Å². The topological polar surface area (TPSA) is 101 Å². The molecule has 0 aromatic heterocycles. The SMILES string of the molecule is CCCNC(=O)/C(=C/c1ccc([N+](=O)[O-])cc1)NC(=O)/C=C/c1ccc(Cl)cc1. The summed E-state index contributed by atoms with van der Waals surface area (Å²) < 4.78 is 0. The van der Waals surface area contributed by atoms with Gasteiger partial charge in [0.25, 0.3) is 11.6 Å². The Kier molecular flexibility index (Phi) is 8.12. The summed E-state index contributed by atoms with van der Waals surface area (Å²) in [7, 11) is 0. The fourth-order valence-corrected chi connectivity index (χ4v) is 2.40. The average molecular weight is 414 g/mol. The summed E-state index contributed by atoms with van der Waals surface area (Å²) >= 11 is 5.83. The molecular formula is C21H20ClN3O4. The molecule has 29 heavy (non-hydrogen) atoms. The molecule has 2 amide bonds. The van der Waals surface area contributed by atoms with Crippen LogP contribution in [0.25, 0.3) is 12.2 Å². The second-order valence-corrected chi connectivity index (χ2v) is 6.47. The van der Waals surface area contributed by atoms with Crippen molar-refractivity contribution in [2.75, 3.05) is 6.54 Å². The second kappa shape index (κ2) is 10.8. The molecule has 0 saturated carbocycles. The molecule has 0 aliphatic rings. The highest BCUT2D eigenvalue weighted by molar-refractivity contribution is 6.30. The maximum absolute atomic E-state index is 12.4. The minimum atomic E-state index is -0.508. The van der Waals surface area contributed by atoms with E-state index in [0.717, 1.165) is 12.0 Å². The summed E-state index contributed by atoms with van der Waals surface area (Å²) in [6, 6.07) is 12.6. The van der Waals surface area contributed by atoms with Gasteiger partial charge in [-0.1, -0.05) is 30.7 Å². The monoisotopic (exact) mass is 413 g/mol. The maximum atomic E-state index is 12.4. The molecule has 0 saturated heterocycles. The summed E-state index contributed by atoms with van der Waals surface area (Å²) in [5.74, 6) is -0.932. The number of rotatable bonds is 8. The third kappa shape index (κ3) is 7.23. The van der Waals surface area contributed by atoms with E-state index in [4.69, 9.17) is 11.6 Å². The lowest BCUT2D eigenvalue weighted by Crippen LogP contribution is -2.34. The van der Waals surface area contributed by atoms with Gasteiger partial charge in [-0.3, -0.25) is 19.7 Å². The van der Waals surface area contributed by atoms with Crippen LogP contribution in [0.15, 0.2) is 60.3 Å². The molecule has 0 aliphatic heterocycles. The fraction of sp³-hybridized carbons (Fsp3) is 0.143. The van der Waals surface area contributed by atoms with E-state index in [1.807, 2.05) is 6.92 Å². The van der Waals surface area contributed by atoms with Crippen molar-refractivity contribution in [2.45, 2.75) is 13.3 Å². The zero-order valence-corrected chi connectivity index (χ0v) is 16.5. The third-order valence-electron chi connectivity index (χ3n) is 3.75. The molecule has 2 aromatic rings. The van der Waals surface area contributed by atoms with E-state index in [0.29, 0.717) is 17.1 Å². The van der Waals surface area contributed by atoms with Crippen LogP contribution >= 0.6 is 11.6 Å². The van der Waals surface area contributed by atoms with Gasteiger partial charge in [-0.25, -0.2) is 0 Å². The van der Waals surface area contributed by atoms with Gasteiger partial charge < -0.3 is 10.6 Å². The molecule has 8 heteroatoms. The predicted octanol–water partition coefficient (Wildman–Crippen LogP) is 3.94. The smallest absolute Gasteiger partial charge is 0.269 e. The zero-order chi connectivity index (χ0) is 21.2. The van der Waals surface area contributed by atoms with Crippen molar-refractivity contribution in [3.8, 4) is 0 Å². The molecule has 2 rings (SSSR count). The summed E-state index contributed by atoms with van der Waals surface area (Å²) in [6.07, 6.45) is 5.10. The van der Waals surface area contributed by atoms with Crippen LogP contribution < -0.4 is 10.6 Å². The molecular weight excluding hydrogens is 394 g/mol. The Balaban J connectivity index is 2.18. The normalized spacial score (nSPS) is 11.3. The first-order valence-electron chi connectivity index (χ1n) is 8.88. The van der Waals surface area contributed by atoms with E-state index in [-0.39, 0.29) is 11.4 Å². The van der Waals surface area contributed by atoms with Crippen LogP contribution in [0.1, 0.15) is 24.5 Å². The van der Waals surface area contributed by atoms with E-state index < -0.39 is 16.7 Å². The number of amides is 2. The van der Waals surface area contributed by atoms with Gasteiger partial charge in [-0.15, -0.1) is 0 Å². The van der Waals surface area contributed by atoms with Crippen LogP contribution in [0.4, 0.5) is 5.69 Å². The van der Waals surface area contributed by atoms with Crippen LogP contribution in [-0.2, 0) is 9.59 Å². The first kappa shape index (κ1) is 21.8. The van der Waals surface area contributed by atoms with Crippen LogP contribution in [0.2, 0.25) is 5.02 Å². The lowest BCUT2D eigenvalue weighted by Gasteiger charge is -2.09. The number of carbonyl (C=O) groups is 2. The van der Waals surface area contributed by atoms with E-state index in [2.05, 4.69) is 10.6 Å². The number of nitrogens with zero attached hydrogens (tertiary/aromatic N) is 1. The molecule has 0 unspecified atom stereocenters. The largest absolute Gasteiger partial charge is 0.351 e. The number of hydrogen-bond acceptors (Lipinski definition) is 4. The van der Waals surface area contributed by atoms with Crippen molar-refractivity contribution < 1.29 is 14.5 Å². The quantitative estimate of drug-likeness (QED) is 0.388. The van der Waals surface area contributed by atoms with Gasteiger partial charge in [0.2, 0.25) is 5.91 Å². The van der Waals surface area contributed by atoms with Crippen molar-refractivity contribution in [2.24, 2.45) is 0 Å². The number of carbonyl (C=O) groups excluding carboxylic acids is 2. The van der Waals surface area contributed by atoms with Gasteiger partial charge >= 0.3 is 0 Å². The molecule has 2 aromatic carbocycles. The van der Waals surface area contributed by atoms with Gasteiger partial charge in [0.1, 0.15) is 5.70 Å². The number of benzene rings is 2. The molecule has 0 aliphatic carbocycles. The van der Waals surface area contributed by atoms with Gasteiger partial charge in [0, 0.05) is 29.8 Å². The number of hydrogen-bond donors (Lipinski definition) is 2. The van der Waals surface area contributed by atoms with Gasteiger partial charge in [0.15, 0.2) is 0 Å². The third-order valence-corrected chi connectivity index (χ3v) is 4.00. The summed E-state index contributed by atoms with van der Waals surface area (Å²) in [6.45, 7) is 2.36. The second-order valence-electron chi connectivity index (χ2n) is 6.04. The molecule has 0 fully saturated rings. The minimum Gasteiger partial charge on any atom is -0.351 e. The Bertz CT molecular complexity index is 935. The van der Waals surface area contributed by atoms with Crippen LogP contribution in [0.3, 0.4) is 0 Å². The number of nitrogens with one attached hydrogen (secondary N) is 2. The Labute approximate surface area is 173 Å². The molecule has 0 radical (unpaired) electrons. The molecule has 0 spiro atoms. The van der Waals surface area contributed by atoms with E-state index in [1.165, 1.54) is 36.4 Å². The van der Waals surface area contributed by atoms with Crippen LogP contribution in [-0.4, -0.2) is 23.3 Å². The van der Waals surface area contributed by atoms with E-state index >= 15 is 0 Å². The Morgan fingerprint density at radius 1 is 1.07 bits per heavy atom. The lowest BCUT2D eigenvalue weighted by molar-refractivity contribution is -0.384. The minimum absolute atomic E-state index is 0.0399. The number of nitro benzene ring substituents is 1. The number of halogens is 1. The van der Waals surface area contributed by atoms with Crippen LogP contribution in [0.5, 0.6) is 0 Å². The number of nitro groups is 1. The summed E-state index contributed by atoms with van der Waals surface area (Å²) in [5, 5.41) is 16.6. The highest BCUT2D eigenvalue weighted by Crippen LogP contribution is 2.14. The van der Waals surface area contributed by atoms with Crippen molar-refractivity contribution in [3.63, 3.8) is 0 Å². The zero-order valence-electron chi connectivity index (χ0n) is 15.7. The molecule has 0 bridgehead atoms. The van der Waals surface area contributed by atoms with E-state index in [1.54, 1.807) is 30.3 Å². The standard InChI is InChI=1S/C21H20ClN3O4/c1-2-13-23-21(27)19(14-16-5-10-18(11-6-16)25(28)29)24-20(26)12-7-15-3-8-17(22)9-4-15/h3-12,14H,2,13H2,1H3,(H,23,27)(H,24,26)/b12-7+,19-14-. The number of non-ortho nitro benzene ring substituents is 1. The molecule has 2 N–H and O–H groups in total. The highest BCUT2D eigenvalue weighted by Gasteiger charge is 2.12. The summed E-state index contributed by atoms with van der Waals surface area (Å²) in [5.41, 5.74) is 1.30. The van der Waals surface area contributed by atoms with Gasteiger partial charge in [-0.2, -0.15) is 0 Å². The molecule has 150 valence electrons. The first-order chi connectivity index (χ1) is 13.9. The molecule has 0 heterocycles. The van der Waals surface area contributed by atoms with Crippen molar-refractivity contribution in [3.05, 3.63) is 86.6 Å². The average Bonchev–Trinajstić information content (AvgIpc) is 2.71. The van der Waals surface area contributed by atoms with E-state index in [9.17, 15) is 19.7 Å². The van der Waals surface area contributed by atoms with Crippen LogP contribution in [0, 0.1) is 10.1 Å². The predicted molar refractivity (Wildman–Crippen MR) is 113 cm³/mol. The van der Waals surface area contributed by atoms with Crippen molar-refractivity contribution in [1.29, 1.82) is 0 Å². The van der Waals surface area contributed by atoms with Crippen molar-refractivity contribution >= 4 is 41.3 Å². The lowest BCUT2D eigenvalue weighted by atomic mass is 10.1. The van der Waals surface area contributed by atoms with Crippen molar-refractivity contribution in [1.82, 2.24) is 10.6 Å². The van der Waals surface area contributed by atoms with Gasteiger partial charge in [-0.05, 0) is 54.0 Å². The summed E-state index contributed by atoms with van der Waals surface area (Å²) in [4.78, 5) is 34.9. The molecule has 7 nitrogen and oxygen atoms in total. The Morgan fingerprint density at radius 3 is 2.28 bits per heavy atom.